The largest absolute Gasteiger partial charge is 0.395 e. The minimum absolute atomic E-state index is 0.0103. The normalized spacial score (nSPS) is 10.1. The first-order chi connectivity index (χ1) is 7.06. The molecule has 0 amide bonds. The van der Waals surface area contributed by atoms with Crippen molar-refractivity contribution in [2.24, 2.45) is 0 Å². The van der Waals surface area contributed by atoms with Crippen LogP contribution < -0.4 is 4.90 Å². The summed E-state index contributed by atoms with van der Waals surface area (Å²) in [6.07, 6.45) is 1.23. The molecular weight excluding hydrogens is 198 g/mol. The maximum Gasteiger partial charge on any atom is 0.290 e. The first-order valence-corrected chi connectivity index (χ1v) is 4.49. The third-order valence-corrected chi connectivity index (χ3v) is 2.09. The monoisotopic (exact) mass is 211 g/mol. The summed E-state index contributed by atoms with van der Waals surface area (Å²) in [7, 11) is 1.77. The molecule has 1 aromatic rings. The molecule has 0 aliphatic carbocycles. The highest BCUT2D eigenvalue weighted by Crippen LogP contribution is 2.20. The molecule has 0 spiro atoms. The van der Waals surface area contributed by atoms with Crippen molar-refractivity contribution >= 4 is 11.5 Å². The molecule has 1 rings (SSSR count). The van der Waals surface area contributed by atoms with Crippen molar-refractivity contribution in [1.29, 1.82) is 0 Å². The lowest BCUT2D eigenvalue weighted by Crippen LogP contribution is -2.22. The van der Waals surface area contributed by atoms with Crippen LogP contribution in [-0.4, -0.2) is 35.2 Å². The highest BCUT2D eigenvalue weighted by Gasteiger charge is 2.12. The second-order valence-corrected chi connectivity index (χ2v) is 3.23. The number of pyridine rings is 1. The third kappa shape index (κ3) is 2.63. The van der Waals surface area contributed by atoms with Gasteiger partial charge in [0.05, 0.1) is 11.5 Å². The molecule has 0 atom stereocenters. The van der Waals surface area contributed by atoms with Gasteiger partial charge in [-0.3, -0.25) is 10.1 Å². The zero-order valence-corrected chi connectivity index (χ0v) is 8.67. The van der Waals surface area contributed by atoms with Crippen molar-refractivity contribution in [3.8, 4) is 0 Å². The van der Waals surface area contributed by atoms with E-state index >= 15 is 0 Å². The second-order valence-electron chi connectivity index (χ2n) is 3.23. The molecule has 1 heterocycles. The molecule has 0 aliphatic heterocycles. The minimum atomic E-state index is -0.460. The van der Waals surface area contributed by atoms with Gasteiger partial charge in [0.2, 0.25) is 0 Å². The lowest BCUT2D eigenvalue weighted by molar-refractivity contribution is -0.385. The van der Waals surface area contributed by atoms with Crippen LogP contribution in [0.25, 0.3) is 0 Å². The summed E-state index contributed by atoms with van der Waals surface area (Å²) in [5.74, 6) is 0.618. The van der Waals surface area contributed by atoms with Crippen LogP contribution in [0.3, 0.4) is 0 Å². The lowest BCUT2D eigenvalue weighted by Gasteiger charge is -2.16. The molecule has 0 saturated heterocycles. The average molecular weight is 211 g/mol. The van der Waals surface area contributed by atoms with Crippen LogP contribution in [0.15, 0.2) is 12.3 Å². The van der Waals surface area contributed by atoms with Gasteiger partial charge in [-0.15, -0.1) is 0 Å². The molecule has 0 fully saturated rings. The van der Waals surface area contributed by atoms with Gasteiger partial charge in [-0.2, -0.15) is 0 Å². The Morgan fingerprint density at radius 3 is 2.80 bits per heavy atom. The van der Waals surface area contributed by atoms with E-state index in [-0.39, 0.29) is 12.3 Å². The Bertz CT molecular complexity index is 368. The average Bonchev–Trinajstić information content (AvgIpc) is 2.17. The van der Waals surface area contributed by atoms with Crippen LogP contribution in [0.2, 0.25) is 0 Å². The van der Waals surface area contributed by atoms with Crippen LogP contribution in [0.1, 0.15) is 5.56 Å². The van der Waals surface area contributed by atoms with Gasteiger partial charge in [0, 0.05) is 19.2 Å². The van der Waals surface area contributed by atoms with Crippen LogP contribution in [0, 0.1) is 17.0 Å². The molecule has 0 aromatic carbocycles. The van der Waals surface area contributed by atoms with Crippen LogP contribution >= 0.6 is 0 Å². The van der Waals surface area contributed by atoms with E-state index in [1.807, 2.05) is 0 Å². The van der Waals surface area contributed by atoms with Crippen molar-refractivity contribution in [3.05, 3.63) is 27.9 Å². The van der Waals surface area contributed by atoms with Crippen LogP contribution in [0.5, 0.6) is 0 Å². The van der Waals surface area contributed by atoms with Gasteiger partial charge >= 0.3 is 0 Å². The van der Waals surface area contributed by atoms with Gasteiger partial charge in [-0.1, -0.05) is 0 Å². The predicted molar refractivity (Wildman–Crippen MR) is 56.0 cm³/mol. The van der Waals surface area contributed by atoms with E-state index in [1.54, 1.807) is 24.9 Å². The highest BCUT2D eigenvalue weighted by atomic mass is 16.6. The van der Waals surface area contributed by atoms with Crippen molar-refractivity contribution in [2.45, 2.75) is 6.92 Å². The molecule has 1 N–H and O–H groups in total. The van der Waals surface area contributed by atoms with Gasteiger partial charge in [0.15, 0.2) is 0 Å². The fraction of sp³-hybridized carbons (Fsp3) is 0.444. The van der Waals surface area contributed by atoms with Gasteiger partial charge in [0.1, 0.15) is 12.0 Å². The number of aryl methyl sites for hydroxylation is 1. The maximum absolute atomic E-state index is 10.5. The number of aliphatic hydroxyl groups is 1. The predicted octanol–water partition coefficient (Wildman–Crippen LogP) is 0.727. The summed E-state index contributed by atoms with van der Waals surface area (Å²) >= 11 is 0. The Kier molecular flexibility index (Phi) is 3.56. The smallest absolute Gasteiger partial charge is 0.290 e. The number of aliphatic hydroxyl groups excluding tert-OH is 1. The summed E-state index contributed by atoms with van der Waals surface area (Å²) < 4.78 is 0. The van der Waals surface area contributed by atoms with E-state index in [9.17, 15) is 10.1 Å². The summed E-state index contributed by atoms with van der Waals surface area (Å²) in [6.45, 7) is 2.13. The molecule has 6 heteroatoms. The third-order valence-electron chi connectivity index (χ3n) is 2.09. The Hall–Kier alpha value is -1.69. The topological polar surface area (TPSA) is 79.5 Å². The zero-order valence-electron chi connectivity index (χ0n) is 8.67. The van der Waals surface area contributed by atoms with Crippen molar-refractivity contribution in [3.63, 3.8) is 0 Å². The van der Waals surface area contributed by atoms with Crippen LogP contribution in [0.4, 0.5) is 11.5 Å². The fourth-order valence-corrected chi connectivity index (χ4v) is 1.20. The summed E-state index contributed by atoms with van der Waals surface area (Å²) in [6, 6.07) is 1.63. The number of likely N-dealkylation sites (N-methyl/N-ethyl adjacent to an activating group) is 1. The van der Waals surface area contributed by atoms with E-state index in [0.717, 1.165) is 0 Å². The molecule has 0 saturated carbocycles. The number of anilines is 1. The van der Waals surface area contributed by atoms with Crippen molar-refractivity contribution < 1.29 is 10.0 Å². The van der Waals surface area contributed by atoms with E-state index in [1.165, 1.54) is 6.20 Å². The van der Waals surface area contributed by atoms with Gasteiger partial charge in [-0.05, 0) is 13.0 Å². The highest BCUT2D eigenvalue weighted by molar-refractivity contribution is 5.48. The Labute approximate surface area is 87.3 Å². The standard InChI is InChI=1S/C9H13N3O3/c1-7-5-9(11(2)3-4-13)10-6-8(7)12(14)15/h5-6,13H,3-4H2,1-2H3. The number of hydrogen-bond donors (Lipinski definition) is 1. The molecular formula is C9H13N3O3. The zero-order chi connectivity index (χ0) is 11.4. The molecule has 6 nitrogen and oxygen atoms in total. The van der Waals surface area contributed by atoms with E-state index in [4.69, 9.17) is 5.11 Å². The van der Waals surface area contributed by atoms with E-state index in [0.29, 0.717) is 17.9 Å². The Balaban J connectivity index is 2.96. The second kappa shape index (κ2) is 4.70. The SMILES string of the molecule is Cc1cc(N(C)CCO)ncc1[N+](=O)[O-]. The summed E-state index contributed by atoms with van der Waals surface area (Å²) in [4.78, 5) is 15.8. The first-order valence-electron chi connectivity index (χ1n) is 4.49. The summed E-state index contributed by atoms with van der Waals surface area (Å²) in [5, 5.41) is 19.3. The van der Waals surface area contributed by atoms with Gasteiger partial charge in [0.25, 0.3) is 5.69 Å². The van der Waals surface area contributed by atoms with Gasteiger partial charge < -0.3 is 10.0 Å². The molecule has 1 aromatic heterocycles. The molecule has 0 aliphatic rings. The minimum Gasteiger partial charge on any atom is -0.395 e. The molecule has 0 radical (unpaired) electrons. The number of aromatic nitrogens is 1. The Morgan fingerprint density at radius 2 is 2.33 bits per heavy atom. The molecule has 0 bridgehead atoms. The van der Waals surface area contributed by atoms with E-state index < -0.39 is 4.92 Å². The van der Waals surface area contributed by atoms with Crippen molar-refractivity contribution in [1.82, 2.24) is 4.98 Å². The fourth-order valence-electron chi connectivity index (χ4n) is 1.20. The molecule has 0 unspecified atom stereocenters. The molecule has 15 heavy (non-hydrogen) atoms. The maximum atomic E-state index is 10.5. The Morgan fingerprint density at radius 1 is 1.67 bits per heavy atom. The van der Waals surface area contributed by atoms with Gasteiger partial charge in [-0.25, -0.2) is 4.98 Å². The molecule has 82 valence electrons. The number of nitrogens with zero attached hydrogens (tertiary/aromatic N) is 3. The lowest BCUT2D eigenvalue weighted by atomic mass is 10.2. The van der Waals surface area contributed by atoms with E-state index in [2.05, 4.69) is 4.98 Å². The number of nitro groups is 1. The summed E-state index contributed by atoms with van der Waals surface area (Å²) in [5.41, 5.74) is 0.575. The van der Waals surface area contributed by atoms with Crippen molar-refractivity contribution in [2.75, 3.05) is 25.1 Å². The number of hydrogen-bond acceptors (Lipinski definition) is 5. The number of rotatable bonds is 4. The van der Waals surface area contributed by atoms with Crippen LogP contribution in [-0.2, 0) is 0 Å². The first kappa shape index (κ1) is 11.4. The quantitative estimate of drug-likeness (QED) is 0.586.